The van der Waals surface area contributed by atoms with Crippen molar-refractivity contribution in [1.82, 2.24) is 23.9 Å². The third-order valence-corrected chi connectivity index (χ3v) is 8.06. The second-order valence-electron chi connectivity index (χ2n) is 6.02. The van der Waals surface area contributed by atoms with Gasteiger partial charge in [0.2, 0.25) is 0 Å². The van der Waals surface area contributed by atoms with Crippen LogP contribution in [-0.2, 0) is 10.0 Å². The van der Waals surface area contributed by atoms with E-state index in [-0.39, 0.29) is 18.3 Å². The molecule has 0 aliphatic carbocycles. The molecule has 1 aliphatic rings. The summed E-state index contributed by atoms with van der Waals surface area (Å²) in [6, 6.07) is 1.80. The molecular weight excluding hydrogens is 417 g/mol. The number of hydrogen-bond donors (Lipinski definition) is 0. The molecule has 0 N–H and O–H groups in total. The molecule has 0 unspecified atom stereocenters. The van der Waals surface area contributed by atoms with Gasteiger partial charge in [-0.1, -0.05) is 11.6 Å². The van der Waals surface area contributed by atoms with Crippen LogP contribution in [-0.4, -0.2) is 45.4 Å². The van der Waals surface area contributed by atoms with Crippen LogP contribution in [0.4, 0.5) is 0 Å². The molecule has 3 aromatic heterocycles. The molecular formula is C15H17Cl2N5O2S2. The van der Waals surface area contributed by atoms with Gasteiger partial charge in [0.25, 0.3) is 10.0 Å². The van der Waals surface area contributed by atoms with Gasteiger partial charge in [-0.15, -0.1) is 23.7 Å². The maximum Gasteiger partial charge on any atom is 0.254 e. The molecule has 1 aliphatic heterocycles. The maximum atomic E-state index is 12.7. The van der Waals surface area contributed by atoms with Crippen LogP contribution in [0.3, 0.4) is 0 Å². The number of hydrogen-bond acceptors (Lipinski definition) is 6. The smallest absolute Gasteiger partial charge is 0.249 e. The molecule has 0 saturated carbocycles. The van der Waals surface area contributed by atoms with Gasteiger partial charge in [0.15, 0.2) is 9.86 Å². The number of pyridine rings is 1. The van der Waals surface area contributed by atoms with Gasteiger partial charge in [0.1, 0.15) is 6.33 Å². The third kappa shape index (κ3) is 3.46. The summed E-state index contributed by atoms with van der Waals surface area (Å²) in [4.78, 5) is 8.18. The van der Waals surface area contributed by atoms with Crippen LogP contribution in [0.5, 0.6) is 0 Å². The highest BCUT2D eigenvalue weighted by Gasteiger charge is 2.32. The van der Waals surface area contributed by atoms with Crippen LogP contribution in [0.1, 0.15) is 29.3 Å². The van der Waals surface area contributed by atoms with Crippen LogP contribution in [0.25, 0.3) is 5.65 Å². The van der Waals surface area contributed by atoms with Gasteiger partial charge in [-0.25, -0.2) is 22.9 Å². The second-order valence-corrected chi connectivity index (χ2v) is 9.82. The van der Waals surface area contributed by atoms with Crippen molar-refractivity contribution in [3.05, 3.63) is 40.4 Å². The van der Waals surface area contributed by atoms with Crippen LogP contribution < -0.4 is 0 Å². The number of piperidine rings is 1. The van der Waals surface area contributed by atoms with Gasteiger partial charge in [-0.3, -0.25) is 0 Å². The molecule has 0 atom stereocenters. The molecule has 140 valence electrons. The lowest BCUT2D eigenvalue weighted by Gasteiger charge is -2.31. The summed E-state index contributed by atoms with van der Waals surface area (Å²) in [5, 5.41) is 5.55. The van der Waals surface area contributed by atoms with E-state index >= 15 is 0 Å². The predicted octanol–water partition coefficient (Wildman–Crippen LogP) is 3.14. The Morgan fingerprint density at radius 3 is 2.65 bits per heavy atom. The Morgan fingerprint density at radius 2 is 2.00 bits per heavy atom. The highest BCUT2D eigenvalue weighted by atomic mass is 35.5. The van der Waals surface area contributed by atoms with Gasteiger partial charge >= 0.3 is 0 Å². The molecule has 0 bridgehead atoms. The number of aryl methyl sites for hydroxylation is 1. The van der Waals surface area contributed by atoms with E-state index in [1.807, 2.05) is 6.20 Å². The average molecular weight is 434 g/mol. The summed E-state index contributed by atoms with van der Waals surface area (Å²) in [5.74, 6) is 0.204. The highest BCUT2D eigenvalue weighted by molar-refractivity contribution is 7.91. The Hall–Kier alpha value is -1.26. The Balaban J connectivity index is 0.00000196. The standard InChI is InChI=1S/C15H16ClN5O2S2.ClH/c1-10-17-7-15(24-10)25(22,23)20-4-2-11(3-5-20)12-8-21-14(6-13(12)16)18-9-19-21;/h6-9,11H,2-5H2,1H3;1H. The maximum absolute atomic E-state index is 12.7. The predicted molar refractivity (Wildman–Crippen MR) is 103 cm³/mol. The van der Waals surface area contributed by atoms with Crippen molar-refractivity contribution in [2.45, 2.75) is 29.9 Å². The fourth-order valence-corrected chi connectivity index (χ4v) is 6.18. The van der Waals surface area contributed by atoms with Crippen LogP contribution in [0.15, 0.2) is 29.0 Å². The quantitative estimate of drug-likeness (QED) is 0.633. The molecule has 26 heavy (non-hydrogen) atoms. The summed E-state index contributed by atoms with van der Waals surface area (Å²) in [6.45, 7) is 2.74. The fraction of sp³-hybridized carbons (Fsp3) is 0.400. The number of rotatable bonds is 3. The Morgan fingerprint density at radius 1 is 1.27 bits per heavy atom. The van der Waals surface area contributed by atoms with Gasteiger partial charge in [0.05, 0.1) is 11.2 Å². The Labute approximate surface area is 166 Å². The summed E-state index contributed by atoms with van der Waals surface area (Å²) < 4.78 is 28.9. The fourth-order valence-electron chi connectivity index (χ4n) is 3.15. The lowest BCUT2D eigenvalue weighted by atomic mass is 9.91. The van der Waals surface area contributed by atoms with Crippen LogP contribution >= 0.6 is 35.3 Å². The normalized spacial score (nSPS) is 16.7. The summed E-state index contributed by atoms with van der Waals surface area (Å²) in [5.41, 5.74) is 1.69. The minimum Gasteiger partial charge on any atom is -0.249 e. The number of fused-ring (bicyclic) bond motifs is 1. The Kier molecular flexibility index (Phi) is 5.55. The average Bonchev–Trinajstić information content (AvgIpc) is 3.23. The number of thiazole rings is 1. The second kappa shape index (κ2) is 7.40. The first-order valence-electron chi connectivity index (χ1n) is 7.86. The zero-order valence-electron chi connectivity index (χ0n) is 13.9. The van der Waals surface area contributed by atoms with E-state index in [4.69, 9.17) is 11.6 Å². The van der Waals surface area contributed by atoms with Crippen molar-refractivity contribution in [2.24, 2.45) is 0 Å². The van der Waals surface area contributed by atoms with E-state index in [1.165, 1.54) is 23.9 Å². The molecule has 1 fully saturated rings. The summed E-state index contributed by atoms with van der Waals surface area (Å²) in [7, 11) is -3.45. The largest absolute Gasteiger partial charge is 0.254 e. The van der Waals surface area contributed by atoms with Gasteiger partial charge in [-0.05, 0) is 31.2 Å². The van der Waals surface area contributed by atoms with E-state index in [2.05, 4.69) is 15.1 Å². The van der Waals surface area contributed by atoms with Crippen LogP contribution in [0, 0.1) is 6.92 Å². The molecule has 0 aromatic carbocycles. The number of halogens is 2. The molecule has 0 amide bonds. The topological polar surface area (TPSA) is 80.5 Å². The van der Waals surface area contributed by atoms with Gasteiger partial charge in [-0.2, -0.15) is 9.40 Å². The number of nitrogens with zero attached hydrogens (tertiary/aromatic N) is 5. The van der Waals surface area contributed by atoms with Crippen molar-refractivity contribution < 1.29 is 8.42 Å². The summed E-state index contributed by atoms with van der Waals surface area (Å²) in [6.07, 6.45) is 6.26. The molecule has 4 heterocycles. The third-order valence-electron chi connectivity index (χ3n) is 4.48. The number of sulfonamides is 1. The van der Waals surface area contributed by atoms with E-state index in [9.17, 15) is 8.42 Å². The van der Waals surface area contributed by atoms with E-state index in [0.717, 1.165) is 23.4 Å². The van der Waals surface area contributed by atoms with Crippen molar-refractivity contribution in [3.8, 4) is 0 Å². The first-order chi connectivity index (χ1) is 11.9. The Bertz CT molecular complexity index is 1030. The van der Waals surface area contributed by atoms with Crippen molar-refractivity contribution >= 4 is 51.0 Å². The molecule has 7 nitrogen and oxygen atoms in total. The van der Waals surface area contributed by atoms with E-state index in [0.29, 0.717) is 28.0 Å². The monoisotopic (exact) mass is 433 g/mol. The lowest BCUT2D eigenvalue weighted by molar-refractivity contribution is 0.319. The molecule has 0 radical (unpaired) electrons. The first-order valence-corrected chi connectivity index (χ1v) is 10.5. The zero-order valence-corrected chi connectivity index (χ0v) is 17.1. The van der Waals surface area contributed by atoms with Gasteiger partial charge in [0, 0.05) is 30.4 Å². The minimum absolute atomic E-state index is 0. The van der Waals surface area contributed by atoms with E-state index in [1.54, 1.807) is 21.8 Å². The van der Waals surface area contributed by atoms with Crippen LogP contribution in [0.2, 0.25) is 5.02 Å². The molecule has 3 aromatic rings. The van der Waals surface area contributed by atoms with E-state index < -0.39 is 10.0 Å². The first kappa shape index (κ1) is 19.5. The van der Waals surface area contributed by atoms with Crippen molar-refractivity contribution in [1.29, 1.82) is 0 Å². The lowest BCUT2D eigenvalue weighted by Crippen LogP contribution is -2.37. The zero-order chi connectivity index (χ0) is 17.6. The SMILES string of the molecule is Cc1ncc(S(=O)(=O)N2CCC(c3cn4ncnc4cc3Cl)CC2)s1.Cl. The van der Waals surface area contributed by atoms with Crippen molar-refractivity contribution in [3.63, 3.8) is 0 Å². The van der Waals surface area contributed by atoms with Gasteiger partial charge < -0.3 is 0 Å². The summed E-state index contributed by atoms with van der Waals surface area (Å²) >= 11 is 7.61. The molecule has 1 saturated heterocycles. The highest BCUT2D eigenvalue weighted by Crippen LogP contribution is 2.35. The minimum atomic E-state index is -3.45. The molecule has 0 spiro atoms. The molecule has 11 heteroatoms. The number of aromatic nitrogens is 4. The van der Waals surface area contributed by atoms with Crippen molar-refractivity contribution in [2.75, 3.05) is 13.1 Å². The molecule has 4 rings (SSSR count).